The van der Waals surface area contributed by atoms with Crippen LogP contribution in [0.4, 0.5) is 0 Å². The van der Waals surface area contributed by atoms with Crippen LogP contribution in [0, 0.1) is 0 Å². The van der Waals surface area contributed by atoms with E-state index >= 15 is 0 Å². The van der Waals surface area contributed by atoms with Crippen LogP contribution in [-0.2, 0) is 16.2 Å². The molecule has 0 aromatic heterocycles. The van der Waals surface area contributed by atoms with Gasteiger partial charge in [-0.3, -0.25) is 9.59 Å². The van der Waals surface area contributed by atoms with Crippen molar-refractivity contribution in [2.75, 3.05) is 13.7 Å². The Kier molecular flexibility index (Phi) is 7.77. The summed E-state index contributed by atoms with van der Waals surface area (Å²) in [5.41, 5.74) is 5.52. The van der Waals surface area contributed by atoms with Gasteiger partial charge in [-0.25, -0.2) is 0 Å². The number of hydrogen-bond acceptors (Lipinski definition) is 5. The summed E-state index contributed by atoms with van der Waals surface area (Å²) in [5.74, 6) is 1.01. The van der Waals surface area contributed by atoms with Gasteiger partial charge in [0.1, 0.15) is 6.61 Å². The number of ketones is 2. The van der Waals surface area contributed by atoms with Gasteiger partial charge < -0.3 is 14.4 Å². The lowest BCUT2D eigenvalue weighted by atomic mass is 9.71. The van der Waals surface area contributed by atoms with Crippen LogP contribution in [0.3, 0.4) is 0 Å². The van der Waals surface area contributed by atoms with Crippen LogP contribution >= 0.6 is 27.5 Å². The van der Waals surface area contributed by atoms with Crippen molar-refractivity contribution in [1.82, 2.24) is 4.90 Å². The second-order valence-corrected chi connectivity index (χ2v) is 11.0. The van der Waals surface area contributed by atoms with Gasteiger partial charge in [0.25, 0.3) is 0 Å². The summed E-state index contributed by atoms with van der Waals surface area (Å²) in [7, 11) is 1.60. The summed E-state index contributed by atoms with van der Waals surface area (Å²) in [4.78, 5) is 29.2. The van der Waals surface area contributed by atoms with E-state index in [0.717, 1.165) is 72.3 Å². The maximum Gasteiger partial charge on any atom is 0.175 e. The average Bonchev–Trinajstić information content (AvgIpc) is 2.89. The number of carbonyl (C=O) groups is 2. The smallest absolute Gasteiger partial charge is 0.175 e. The summed E-state index contributed by atoms with van der Waals surface area (Å²) in [6, 6.07) is 11.5. The maximum absolute atomic E-state index is 13.4. The van der Waals surface area contributed by atoms with E-state index in [1.807, 2.05) is 36.4 Å². The zero-order chi connectivity index (χ0) is 26.1. The number of allylic oxidation sites excluding steroid dienone is 4. The van der Waals surface area contributed by atoms with Crippen molar-refractivity contribution in [1.29, 1.82) is 0 Å². The zero-order valence-electron chi connectivity index (χ0n) is 21.2. The predicted octanol–water partition coefficient (Wildman–Crippen LogP) is 7.51. The molecule has 0 saturated heterocycles. The molecule has 37 heavy (non-hydrogen) atoms. The Morgan fingerprint density at radius 1 is 1.00 bits per heavy atom. The van der Waals surface area contributed by atoms with E-state index in [-0.39, 0.29) is 24.1 Å². The average molecular weight is 585 g/mol. The fourth-order valence-electron chi connectivity index (χ4n) is 5.86. The Balaban J connectivity index is 1.60. The Bertz CT molecular complexity index is 1270. The van der Waals surface area contributed by atoms with Crippen molar-refractivity contribution in [2.45, 2.75) is 64.4 Å². The Labute approximate surface area is 231 Å². The number of halogens is 2. The van der Waals surface area contributed by atoms with Crippen LogP contribution in [0.2, 0.25) is 5.02 Å². The monoisotopic (exact) mass is 583 g/mol. The van der Waals surface area contributed by atoms with Crippen molar-refractivity contribution in [3.05, 3.63) is 79.6 Å². The maximum atomic E-state index is 13.4. The molecule has 194 valence electrons. The fourth-order valence-corrected chi connectivity index (χ4v) is 6.62. The normalized spacial score (nSPS) is 18.2. The van der Waals surface area contributed by atoms with Crippen molar-refractivity contribution in [3.8, 4) is 11.5 Å². The number of carbonyl (C=O) groups excluding carboxylic acids is 2. The van der Waals surface area contributed by atoms with E-state index in [1.165, 1.54) is 0 Å². The number of ether oxygens (including phenoxy) is 2. The van der Waals surface area contributed by atoms with Gasteiger partial charge in [0, 0.05) is 58.4 Å². The third-order valence-corrected chi connectivity index (χ3v) is 8.41. The van der Waals surface area contributed by atoms with Gasteiger partial charge in [-0.15, -0.1) is 0 Å². The van der Waals surface area contributed by atoms with E-state index in [4.69, 9.17) is 21.1 Å². The lowest BCUT2D eigenvalue weighted by Crippen LogP contribution is -2.39. The van der Waals surface area contributed by atoms with Gasteiger partial charge in [0.2, 0.25) is 0 Å². The fraction of sp³-hybridized carbons (Fsp3) is 0.400. The van der Waals surface area contributed by atoms with E-state index in [9.17, 15) is 9.59 Å². The SMILES string of the molecule is CCCN1C2=C(C(=O)CCC2)C(c2cc(Br)c(OCc3ccccc3Cl)c(OC)c2)C2=C1CCCC2=O. The largest absolute Gasteiger partial charge is 0.493 e. The van der Waals surface area contributed by atoms with Crippen LogP contribution < -0.4 is 9.47 Å². The molecule has 0 spiro atoms. The molecular weight excluding hydrogens is 554 g/mol. The number of benzene rings is 2. The molecule has 7 heteroatoms. The zero-order valence-corrected chi connectivity index (χ0v) is 23.6. The highest BCUT2D eigenvalue weighted by Crippen LogP contribution is 2.51. The molecule has 0 saturated carbocycles. The Morgan fingerprint density at radius 2 is 1.65 bits per heavy atom. The van der Waals surface area contributed by atoms with Crippen molar-refractivity contribution >= 4 is 39.1 Å². The number of methoxy groups -OCH3 is 1. The highest BCUT2D eigenvalue weighted by atomic mass is 79.9. The summed E-state index contributed by atoms with van der Waals surface area (Å²) in [6.07, 6.45) is 5.41. The first kappa shape index (κ1) is 26.1. The third kappa shape index (κ3) is 4.86. The third-order valence-electron chi connectivity index (χ3n) is 7.45. The minimum absolute atomic E-state index is 0.145. The van der Waals surface area contributed by atoms with Crippen LogP contribution in [0.1, 0.15) is 68.9 Å². The first-order valence-corrected chi connectivity index (χ1v) is 14.1. The van der Waals surface area contributed by atoms with E-state index < -0.39 is 0 Å². The van der Waals surface area contributed by atoms with E-state index in [1.54, 1.807) is 7.11 Å². The first-order chi connectivity index (χ1) is 17.9. The number of nitrogens with zero attached hydrogens (tertiary/aromatic N) is 1. The van der Waals surface area contributed by atoms with Crippen molar-refractivity contribution in [2.24, 2.45) is 0 Å². The Hall–Kier alpha value is -2.57. The van der Waals surface area contributed by atoms with E-state index in [0.29, 0.717) is 33.8 Å². The van der Waals surface area contributed by atoms with Gasteiger partial charge in [-0.05, 0) is 71.8 Å². The van der Waals surface area contributed by atoms with Gasteiger partial charge in [-0.2, -0.15) is 0 Å². The second kappa shape index (κ2) is 11.0. The van der Waals surface area contributed by atoms with Crippen LogP contribution in [0.5, 0.6) is 11.5 Å². The van der Waals surface area contributed by atoms with Gasteiger partial charge in [0.05, 0.1) is 11.6 Å². The molecule has 2 aliphatic carbocycles. The predicted molar refractivity (Wildman–Crippen MR) is 148 cm³/mol. The molecule has 0 fully saturated rings. The van der Waals surface area contributed by atoms with Gasteiger partial charge >= 0.3 is 0 Å². The topological polar surface area (TPSA) is 55.8 Å². The molecule has 5 rings (SSSR count). The Morgan fingerprint density at radius 3 is 2.24 bits per heavy atom. The highest BCUT2D eigenvalue weighted by Gasteiger charge is 2.43. The minimum atomic E-state index is -0.387. The summed E-state index contributed by atoms with van der Waals surface area (Å²) in [5, 5.41) is 0.638. The standard InChI is InChI=1S/C30H31BrClNO4/c1-3-14-33-22-10-6-12-24(34)28(22)27(29-23(33)11-7-13-25(29)35)19-15-20(31)30(26(16-19)36-2)37-17-18-8-4-5-9-21(18)32/h4-5,8-9,15-16,27H,3,6-7,10-14,17H2,1-2H3. The molecule has 5 nitrogen and oxygen atoms in total. The molecule has 2 aromatic carbocycles. The number of hydrogen-bond donors (Lipinski definition) is 0. The van der Waals surface area contributed by atoms with Crippen LogP contribution in [0.15, 0.2) is 63.4 Å². The quantitative estimate of drug-likeness (QED) is 0.337. The van der Waals surface area contributed by atoms with Crippen molar-refractivity contribution in [3.63, 3.8) is 0 Å². The molecular formula is C30H31BrClNO4. The molecule has 0 atom stereocenters. The highest BCUT2D eigenvalue weighted by molar-refractivity contribution is 9.10. The number of Topliss-reactive ketones (excluding diaryl/α,β-unsaturated/α-hetero) is 2. The summed E-state index contributed by atoms with van der Waals surface area (Å²) in [6.45, 7) is 3.25. The molecule has 0 N–H and O–H groups in total. The lowest BCUT2D eigenvalue weighted by molar-refractivity contribution is -0.117. The summed E-state index contributed by atoms with van der Waals surface area (Å²) >= 11 is 10.0. The molecule has 0 unspecified atom stereocenters. The molecule has 0 radical (unpaired) electrons. The molecule has 1 aliphatic heterocycles. The molecule has 2 aromatic rings. The van der Waals surface area contributed by atoms with Crippen LogP contribution in [0.25, 0.3) is 0 Å². The van der Waals surface area contributed by atoms with Crippen LogP contribution in [-0.4, -0.2) is 30.1 Å². The van der Waals surface area contributed by atoms with Gasteiger partial charge in [-0.1, -0.05) is 36.7 Å². The number of rotatable bonds is 7. The minimum Gasteiger partial charge on any atom is -0.493 e. The van der Waals surface area contributed by atoms with Crippen molar-refractivity contribution < 1.29 is 19.1 Å². The lowest BCUT2D eigenvalue weighted by Gasteiger charge is -2.44. The first-order valence-electron chi connectivity index (χ1n) is 13.0. The molecule has 0 bridgehead atoms. The molecule has 3 aliphatic rings. The second-order valence-electron chi connectivity index (χ2n) is 9.77. The van der Waals surface area contributed by atoms with E-state index in [2.05, 4.69) is 27.8 Å². The molecule has 0 amide bonds. The van der Waals surface area contributed by atoms with Gasteiger partial charge in [0.15, 0.2) is 23.1 Å². The summed E-state index contributed by atoms with van der Waals surface area (Å²) < 4.78 is 12.6. The molecule has 1 heterocycles.